The number of carboxylic acid groups (broad SMARTS) is 1. The van der Waals surface area contributed by atoms with Crippen LogP contribution in [0.25, 0.3) is 0 Å². The van der Waals surface area contributed by atoms with Crippen LogP contribution in [-0.2, 0) is 9.59 Å². The van der Waals surface area contributed by atoms with Crippen molar-refractivity contribution in [1.82, 2.24) is 5.32 Å². The second-order valence-corrected chi connectivity index (χ2v) is 6.21. The van der Waals surface area contributed by atoms with Gasteiger partial charge in [-0.1, -0.05) is 6.07 Å². The normalized spacial score (nSPS) is 11.1. The van der Waals surface area contributed by atoms with Crippen LogP contribution in [-0.4, -0.2) is 30.1 Å². The zero-order chi connectivity index (χ0) is 16.8. The summed E-state index contributed by atoms with van der Waals surface area (Å²) in [6, 6.07) is 5.92. The molecule has 1 amide bonds. The van der Waals surface area contributed by atoms with Gasteiger partial charge in [-0.2, -0.15) is 0 Å². The summed E-state index contributed by atoms with van der Waals surface area (Å²) in [5, 5.41) is 11.7. The van der Waals surface area contributed by atoms with Crippen molar-refractivity contribution in [3.63, 3.8) is 0 Å². The first kappa shape index (κ1) is 18.0. The SMILES string of the molecule is Cc1cc(C)cc(OCCC(=O)NCCC(C)(C)C(=O)O)c1. The van der Waals surface area contributed by atoms with E-state index in [1.165, 1.54) is 0 Å². The Bertz CT molecular complexity index is 517. The largest absolute Gasteiger partial charge is 0.493 e. The Morgan fingerprint density at radius 1 is 1.18 bits per heavy atom. The summed E-state index contributed by atoms with van der Waals surface area (Å²) in [5.41, 5.74) is 1.41. The number of hydrogen-bond donors (Lipinski definition) is 2. The molecular weight excluding hydrogens is 282 g/mol. The summed E-state index contributed by atoms with van der Waals surface area (Å²) in [5.74, 6) is -0.234. The van der Waals surface area contributed by atoms with Gasteiger partial charge in [0.25, 0.3) is 0 Å². The van der Waals surface area contributed by atoms with Crippen molar-refractivity contribution in [2.24, 2.45) is 5.41 Å². The van der Waals surface area contributed by atoms with E-state index in [9.17, 15) is 9.59 Å². The van der Waals surface area contributed by atoms with Gasteiger partial charge in [0.2, 0.25) is 5.91 Å². The fourth-order valence-electron chi connectivity index (χ4n) is 1.99. The predicted molar refractivity (Wildman–Crippen MR) is 85.1 cm³/mol. The predicted octanol–water partition coefficient (Wildman–Crippen LogP) is 2.69. The molecule has 0 bridgehead atoms. The summed E-state index contributed by atoms with van der Waals surface area (Å²) in [4.78, 5) is 22.6. The average Bonchev–Trinajstić information content (AvgIpc) is 2.37. The van der Waals surface area contributed by atoms with Gasteiger partial charge in [0, 0.05) is 6.54 Å². The summed E-state index contributed by atoms with van der Waals surface area (Å²) in [6.07, 6.45) is 0.645. The number of nitrogens with one attached hydrogen (secondary N) is 1. The minimum atomic E-state index is -0.861. The molecule has 5 nitrogen and oxygen atoms in total. The van der Waals surface area contributed by atoms with Crippen LogP contribution in [0.5, 0.6) is 5.75 Å². The molecule has 0 saturated heterocycles. The standard InChI is InChI=1S/C17H25NO4/c1-12-9-13(2)11-14(10-12)22-8-5-15(19)18-7-6-17(3,4)16(20)21/h9-11H,5-8H2,1-4H3,(H,18,19)(H,20,21). The lowest BCUT2D eigenvalue weighted by Gasteiger charge is -2.18. The van der Waals surface area contributed by atoms with Gasteiger partial charge < -0.3 is 15.2 Å². The second-order valence-electron chi connectivity index (χ2n) is 6.21. The van der Waals surface area contributed by atoms with E-state index >= 15 is 0 Å². The van der Waals surface area contributed by atoms with Gasteiger partial charge in [0.15, 0.2) is 0 Å². The molecule has 5 heteroatoms. The van der Waals surface area contributed by atoms with Crippen LogP contribution in [0.3, 0.4) is 0 Å². The van der Waals surface area contributed by atoms with Gasteiger partial charge in [-0.3, -0.25) is 9.59 Å². The molecule has 122 valence electrons. The fraction of sp³-hybridized carbons (Fsp3) is 0.529. The number of amides is 1. The molecule has 1 aromatic carbocycles. The zero-order valence-electron chi connectivity index (χ0n) is 13.7. The number of rotatable bonds is 8. The first-order valence-electron chi connectivity index (χ1n) is 7.42. The summed E-state index contributed by atoms with van der Waals surface area (Å²) in [6.45, 7) is 7.93. The van der Waals surface area contributed by atoms with Gasteiger partial charge in [-0.15, -0.1) is 0 Å². The topological polar surface area (TPSA) is 75.6 Å². The van der Waals surface area contributed by atoms with Gasteiger partial charge in [-0.05, 0) is 57.4 Å². The van der Waals surface area contributed by atoms with Crippen molar-refractivity contribution >= 4 is 11.9 Å². The third-order valence-electron chi connectivity index (χ3n) is 3.44. The van der Waals surface area contributed by atoms with Crippen molar-refractivity contribution < 1.29 is 19.4 Å². The second kappa shape index (κ2) is 7.82. The van der Waals surface area contributed by atoms with Crippen LogP contribution in [0.1, 0.15) is 37.8 Å². The Kier molecular flexibility index (Phi) is 6.40. The molecule has 2 N–H and O–H groups in total. The van der Waals surface area contributed by atoms with Crippen LogP contribution in [0.2, 0.25) is 0 Å². The summed E-state index contributed by atoms with van der Waals surface area (Å²) in [7, 11) is 0. The van der Waals surface area contributed by atoms with Crippen molar-refractivity contribution in [1.29, 1.82) is 0 Å². The van der Waals surface area contributed by atoms with Crippen LogP contribution in [0.4, 0.5) is 0 Å². The van der Waals surface area contributed by atoms with Crippen molar-refractivity contribution in [3.05, 3.63) is 29.3 Å². The van der Waals surface area contributed by atoms with Crippen LogP contribution >= 0.6 is 0 Å². The number of ether oxygens (including phenoxy) is 1. The van der Waals surface area contributed by atoms with E-state index < -0.39 is 11.4 Å². The first-order valence-corrected chi connectivity index (χ1v) is 7.42. The van der Waals surface area contributed by atoms with Gasteiger partial charge in [0.1, 0.15) is 5.75 Å². The maximum Gasteiger partial charge on any atom is 0.309 e. The first-order chi connectivity index (χ1) is 10.2. The highest BCUT2D eigenvalue weighted by Gasteiger charge is 2.26. The molecule has 0 aliphatic carbocycles. The number of carboxylic acids is 1. The number of carbonyl (C=O) groups excluding carboxylic acids is 1. The summed E-state index contributed by atoms with van der Waals surface area (Å²) < 4.78 is 5.57. The van der Waals surface area contributed by atoms with Crippen LogP contribution in [0.15, 0.2) is 18.2 Å². The maximum atomic E-state index is 11.7. The molecule has 0 aliphatic heterocycles. The number of aliphatic carboxylic acids is 1. The van der Waals surface area contributed by atoms with E-state index in [1.807, 2.05) is 26.0 Å². The molecule has 0 aromatic heterocycles. The van der Waals surface area contributed by atoms with Crippen molar-refractivity contribution in [2.45, 2.75) is 40.5 Å². The maximum absolute atomic E-state index is 11.7. The fourth-order valence-corrected chi connectivity index (χ4v) is 1.99. The van der Waals surface area contributed by atoms with Crippen LogP contribution in [0, 0.1) is 19.3 Å². The highest BCUT2D eigenvalue weighted by molar-refractivity contribution is 5.76. The molecule has 0 unspecified atom stereocenters. The Balaban J connectivity index is 2.28. The smallest absolute Gasteiger partial charge is 0.309 e. The molecule has 1 rings (SSSR count). The highest BCUT2D eigenvalue weighted by Crippen LogP contribution is 2.19. The van der Waals surface area contributed by atoms with Crippen molar-refractivity contribution in [3.8, 4) is 5.75 Å². The zero-order valence-corrected chi connectivity index (χ0v) is 13.7. The molecular formula is C17H25NO4. The lowest BCUT2D eigenvalue weighted by molar-refractivity contribution is -0.147. The molecule has 0 atom stereocenters. The average molecular weight is 307 g/mol. The Morgan fingerprint density at radius 2 is 1.77 bits per heavy atom. The lowest BCUT2D eigenvalue weighted by atomic mass is 9.90. The number of aryl methyl sites for hydroxylation is 2. The van der Waals surface area contributed by atoms with Gasteiger partial charge >= 0.3 is 5.97 Å². The Morgan fingerprint density at radius 3 is 2.32 bits per heavy atom. The highest BCUT2D eigenvalue weighted by atomic mass is 16.5. The molecule has 1 aromatic rings. The Hall–Kier alpha value is -2.04. The Labute approximate surface area is 131 Å². The van der Waals surface area contributed by atoms with E-state index in [0.29, 0.717) is 19.6 Å². The molecule has 0 heterocycles. The number of benzene rings is 1. The van der Waals surface area contributed by atoms with E-state index in [4.69, 9.17) is 9.84 Å². The molecule has 0 aliphatic rings. The van der Waals surface area contributed by atoms with E-state index in [0.717, 1.165) is 16.9 Å². The molecule has 22 heavy (non-hydrogen) atoms. The monoisotopic (exact) mass is 307 g/mol. The number of carbonyl (C=O) groups is 2. The quantitative estimate of drug-likeness (QED) is 0.774. The van der Waals surface area contributed by atoms with Crippen molar-refractivity contribution in [2.75, 3.05) is 13.2 Å². The van der Waals surface area contributed by atoms with E-state index in [1.54, 1.807) is 13.8 Å². The molecule has 0 saturated carbocycles. The molecule has 0 radical (unpaired) electrons. The number of hydrogen-bond acceptors (Lipinski definition) is 3. The third-order valence-corrected chi connectivity index (χ3v) is 3.44. The third kappa shape index (κ3) is 6.16. The van der Waals surface area contributed by atoms with Gasteiger partial charge in [-0.25, -0.2) is 0 Å². The van der Waals surface area contributed by atoms with E-state index in [-0.39, 0.29) is 12.3 Å². The lowest BCUT2D eigenvalue weighted by Crippen LogP contribution is -2.32. The minimum Gasteiger partial charge on any atom is -0.493 e. The van der Waals surface area contributed by atoms with Crippen LogP contribution < -0.4 is 10.1 Å². The van der Waals surface area contributed by atoms with E-state index in [2.05, 4.69) is 11.4 Å². The molecule has 0 fully saturated rings. The minimum absolute atomic E-state index is 0.134. The summed E-state index contributed by atoms with van der Waals surface area (Å²) >= 11 is 0. The molecule has 0 spiro atoms. The van der Waals surface area contributed by atoms with Gasteiger partial charge in [0.05, 0.1) is 18.4 Å².